The molecule has 2 aromatic rings. The van der Waals surface area contributed by atoms with E-state index in [-0.39, 0.29) is 24.3 Å². The lowest BCUT2D eigenvalue weighted by Gasteiger charge is -2.24. The summed E-state index contributed by atoms with van der Waals surface area (Å²) in [4.78, 5) is 13.2. The van der Waals surface area contributed by atoms with Crippen LogP contribution in [0.25, 0.3) is 0 Å². The van der Waals surface area contributed by atoms with Crippen LogP contribution in [0.4, 0.5) is 5.69 Å². The quantitative estimate of drug-likeness (QED) is 0.534. The summed E-state index contributed by atoms with van der Waals surface area (Å²) in [5.74, 6) is -0.172. The van der Waals surface area contributed by atoms with Gasteiger partial charge in [0.1, 0.15) is 12.7 Å². The molecule has 0 radical (unpaired) electrons. The first-order valence-corrected chi connectivity index (χ1v) is 12.5. The molecule has 1 aliphatic heterocycles. The third kappa shape index (κ3) is 6.52. The minimum Gasteiger partial charge on any atom is -0.487 e. The van der Waals surface area contributed by atoms with Crippen LogP contribution in [-0.2, 0) is 19.0 Å². The van der Waals surface area contributed by atoms with E-state index in [1.807, 2.05) is 19.1 Å². The molecule has 0 saturated carbocycles. The highest BCUT2D eigenvalue weighted by atomic mass is 79.9. The van der Waals surface area contributed by atoms with E-state index in [0.29, 0.717) is 12.3 Å². The molecule has 170 valence electrons. The van der Waals surface area contributed by atoms with E-state index >= 15 is 0 Å². The molecule has 2 atom stereocenters. The fraction of sp³-hybridized carbons (Fsp3) is 0.500. The van der Waals surface area contributed by atoms with Crippen molar-refractivity contribution in [1.82, 2.24) is 9.78 Å². The maximum Gasteiger partial charge on any atom is 0.277 e. The van der Waals surface area contributed by atoms with E-state index < -0.39 is 22.1 Å². The van der Waals surface area contributed by atoms with Crippen molar-refractivity contribution in [3.63, 3.8) is 0 Å². The van der Waals surface area contributed by atoms with Gasteiger partial charge in [0.05, 0.1) is 12.5 Å². The number of amides is 1. The van der Waals surface area contributed by atoms with Crippen molar-refractivity contribution in [1.29, 1.82) is 0 Å². The lowest BCUT2D eigenvalue weighted by atomic mass is 10.2. The van der Waals surface area contributed by atoms with Crippen LogP contribution in [-0.4, -0.2) is 49.7 Å². The zero-order chi connectivity index (χ0) is 22.6. The predicted molar refractivity (Wildman–Crippen MR) is 119 cm³/mol. The Labute approximate surface area is 190 Å². The van der Waals surface area contributed by atoms with Crippen molar-refractivity contribution in [2.45, 2.75) is 45.4 Å². The van der Waals surface area contributed by atoms with Crippen molar-refractivity contribution in [3.05, 3.63) is 40.1 Å². The van der Waals surface area contributed by atoms with Crippen LogP contribution >= 0.6 is 15.9 Å². The highest BCUT2D eigenvalue weighted by molar-refractivity contribution is 9.10. The number of aryl methyl sites for hydroxylation is 1. The molecule has 1 aromatic carbocycles. The normalized spacial score (nSPS) is 17.9. The first kappa shape index (κ1) is 23.7. The maximum atomic E-state index is 13.2. The summed E-state index contributed by atoms with van der Waals surface area (Å²) in [5.41, 5.74) is 1.76. The Kier molecular flexibility index (Phi) is 7.73. The fourth-order valence-corrected chi connectivity index (χ4v) is 4.41. The second-order valence-electron chi connectivity index (χ2n) is 7.46. The van der Waals surface area contributed by atoms with Gasteiger partial charge < -0.3 is 14.8 Å². The Morgan fingerprint density at radius 1 is 1.42 bits per heavy atom. The van der Waals surface area contributed by atoms with Gasteiger partial charge in [-0.05, 0) is 56.9 Å². The van der Waals surface area contributed by atoms with E-state index in [1.165, 1.54) is 10.9 Å². The molecule has 3 rings (SSSR count). The summed E-state index contributed by atoms with van der Waals surface area (Å²) in [7, 11) is -3.62. The van der Waals surface area contributed by atoms with Crippen LogP contribution in [0.3, 0.4) is 0 Å². The largest absolute Gasteiger partial charge is 0.487 e. The highest BCUT2D eigenvalue weighted by Crippen LogP contribution is 2.29. The lowest BCUT2D eigenvalue weighted by molar-refractivity contribution is -0.0406. The van der Waals surface area contributed by atoms with E-state index in [4.69, 9.17) is 13.7 Å². The predicted octanol–water partition coefficient (Wildman–Crippen LogP) is 3.65. The molecule has 2 heterocycles. The minimum atomic E-state index is -3.62. The molecule has 0 bridgehead atoms. The average molecular weight is 516 g/mol. The number of rotatable bonds is 8. The number of hydrogen-bond acceptors (Lipinski definition) is 7. The number of ether oxygens (including phenoxy) is 2. The summed E-state index contributed by atoms with van der Waals surface area (Å²) < 4.78 is 41.5. The van der Waals surface area contributed by atoms with Crippen LogP contribution in [0.2, 0.25) is 0 Å². The van der Waals surface area contributed by atoms with Gasteiger partial charge in [0.25, 0.3) is 16.0 Å². The number of benzene rings is 1. The Balaban J connectivity index is 1.85. The number of hydrogen-bond donors (Lipinski definition) is 1. The fourth-order valence-electron chi connectivity index (χ4n) is 3.29. The number of carbonyl (C=O) groups is 1. The van der Waals surface area contributed by atoms with E-state index in [2.05, 4.69) is 26.3 Å². The second-order valence-corrected chi connectivity index (χ2v) is 9.97. The molecule has 0 spiro atoms. The van der Waals surface area contributed by atoms with Gasteiger partial charge in [-0.15, -0.1) is 0 Å². The summed E-state index contributed by atoms with van der Waals surface area (Å²) >= 11 is 3.41. The second kappa shape index (κ2) is 10.1. The first-order chi connectivity index (χ1) is 14.6. The third-order valence-electron chi connectivity index (χ3n) is 4.65. The van der Waals surface area contributed by atoms with Crippen molar-refractivity contribution in [2.24, 2.45) is 0 Å². The molecule has 9 nitrogen and oxygen atoms in total. The number of carbonyl (C=O) groups excluding carboxylic acids is 1. The van der Waals surface area contributed by atoms with Crippen molar-refractivity contribution >= 4 is 37.6 Å². The number of nitrogens with one attached hydrogen (secondary N) is 1. The van der Waals surface area contributed by atoms with Crippen molar-refractivity contribution < 1.29 is 26.9 Å². The zero-order valence-corrected chi connectivity index (χ0v) is 20.0. The van der Waals surface area contributed by atoms with Crippen LogP contribution in [0.1, 0.15) is 48.5 Å². The van der Waals surface area contributed by atoms with Gasteiger partial charge in [0.2, 0.25) is 0 Å². The smallest absolute Gasteiger partial charge is 0.277 e. The Morgan fingerprint density at radius 2 is 2.19 bits per heavy atom. The summed E-state index contributed by atoms with van der Waals surface area (Å²) in [6.07, 6.45) is 3.97. The molecule has 1 N–H and O–H groups in total. The van der Waals surface area contributed by atoms with Gasteiger partial charge >= 0.3 is 0 Å². The van der Waals surface area contributed by atoms with E-state index in [1.54, 1.807) is 13.0 Å². The molecule has 31 heavy (non-hydrogen) atoms. The number of halogens is 1. The van der Waals surface area contributed by atoms with Crippen LogP contribution < -0.4 is 10.1 Å². The SMILES string of the molecule is Cc1cc(Br)ccc1NC(=O)c1c(OCC(C)OS(C)(=O)=O)cnn1C1CCCCO1. The topological polar surface area (TPSA) is 109 Å². The summed E-state index contributed by atoms with van der Waals surface area (Å²) in [6, 6.07) is 5.54. The molecule has 11 heteroatoms. The monoisotopic (exact) mass is 515 g/mol. The molecular weight excluding hydrogens is 490 g/mol. The van der Waals surface area contributed by atoms with Crippen molar-refractivity contribution in [2.75, 3.05) is 24.8 Å². The molecular formula is C20H26BrN3O6S. The maximum absolute atomic E-state index is 13.2. The highest BCUT2D eigenvalue weighted by Gasteiger charge is 2.27. The van der Waals surface area contributed by atoms with Gasteiger partial charge in [-0.25, -0.2) is 4.68 Å². The molecule has 1 amide bonds. The van der Waals surface area contributed by atoms with Crippen molar-refractivity contribution in [3.8, 4) is 5.75 Å². The number of aromatic nitrogens is 2. The number of anilines is 1. The van der Waals surface area contributed by atoms with Crippen LogP contribution in [0, 0.1) is 6.92 Å². The van der Waals surface area contributed by atoms with Crippen LogP contribution in [0.15, 0.2) is 28.9 Å². The zero-order valence-electron chi connectivity index (χ0n) is 17.6. The van der Waals surface area contributed by atoms with Crippen LogP contribution in [0.5, 0.6) is 5.75 Å². The molecule has 1 aliphatic rings. The first-order valence-electron chi connectivity index (χ1n) is 9.91. The molecule has 1 saturated heterocycles. The number of nitrogens with zero attached hydrogens (tertiary/aromatic N) is 2. The standard InChI is InChI=1S/C20H26BrN3O6S/c1-13-10-15(21)7-8-16(13)23-20(25)19-17(29-12-14(2)30-31(3,26)27)11-22-24(19)18-6-4-5-9-28-18/h7-8,10-11,14,18H,4-6,9,12H2,1-3H3,(H,23,25). The Hall–Kier alpha value is -1.95. The Bertz CT molecular complexity index is 1030. The van der Waals surface area contributed by atoms with E-state index in [9.17, 15) is 13.2 Å². The minimum absolute atomic E-state index is 0.0676. The van der Waals surface area contributed by atoms with Gasteiger partial charge in [0, 0.05) is 16.8 Å². The van der Waals surface area contributed by atoms with Gasteiger partial charge in [-0.3, -0.25) is 8.98 Å². The molecule has 2 unspecified atom stereocenters. The third-order valence-corrected chi connectivity index (χ3v) is 5.83. The summed E-state index contributed by atoms with van der Waals surface area (Å²) in [6.45, 7) is 3.99. The molecule has 1 aromatic heterocycles. The molecule has 1 fully saturated rings. The summed E-state index contributed by atoms with van der Waals surface area (Å²) in [5, 5.41) is 7.23. The lowest BCUT2D eigenvalue weighted by Crippen LogP contribution is -2.26. The Morgan fingerprint density at radius 3 is 2.84 bits per heavy atom. The molecule has 0 aliphatic carbocycles. The van der Waals surface area contributed by atoms with Gasteiger partial charge in [-0.2, -0.15) is 13.5 Å². The van der Waals surface area contributed by atoms with Gasteiger partial charge in [0.15, 0.2) is 17.7 Å². The van der Waals surface area contributed by atoms with E-state index in [0.717, 1.165) is 35.6 Å². The average Bonchev–Trinajstić information content (AvgIpc) is 3.12. The van der Waals surface area contributed by atoms with Gasteiger partial charge in [-0.1, -0.05) is 15.9 Å².